The molecular weight excluding hydrogens is 492 g/mol. The highest BCUT2D eigenvalue weighted by molar-refractivity contribution is 7.25. The van der Waals surface area contributed by atoms with Gasteiger partial charge in [-0.25, -0.2) is 9.97 Å². The maximum Gasteiger partial charge on any atom is 0.0973 e. The fourth-order valence-electron chi connectivity index (χ4n) is 5.61. The van der Waals surface area contributed by atoms with Crippen molar-refractivity contribution in [2.24, 2.45) is 0 Å². The molecule has 3 heteroatoms. The van der Waals surface area contributed by atoms with Gasteiger partial charge in [0.15, 0.2) is 0 Å². The predicted octanol–water partition coefficient (Wildman–Crippen LogP) is 10.2. The van der Waals surface area contributed by atoms with Crippen molar-refractivity contribution in [3.63, 3.8) is 0 Å². The molecule has 2 heterocycles. The largest absolute Gasteiger partial charge is 0.244 e. The number of rotatable bonds is 3. The second-order valence-corrected chi connectivity index (χ2v) is 10.9. The maximum atomic E-state index is 5.24. The lowest BCUT2D eigenvalue weighted by atomic mass is 9.97. The van der Waals surface area contributed by atoms with E-state index in [1.165, 1.54) is 36.7 Å². The van der Waals surface area contributed by atoms with E-state index in [-0.39, 0.29) is 0 Å². The molecule has 0 unspecified atom stereocenters. The molecule has 0 fully saturated rings. The van der Waals surface area contributed by atoms with Crippen LogP contribution in [0.3, 0.4) is 0 Å². The monoisotopic (exact) mass is 514 g/mol. The lowest BCUT2D eigenvalue weighted by Gasteiger charge is -2.13. The number of hydrogen-bond acceptors (Lipinski definition) is 3. The summed E-state index contributed by atoms with van der Waals surface area (Å²) in [5.41, 5.74) is 8.22. The van der Waals surface area contributed by atoms with Crippen LogP contribution in [0.5, 0.6) is 0 Å². The van der Waals surface area contributed by atoms with Gasteiger partial charge in [0.1, 0.15) is 0 Å². The lowest BCUT2D eigenvalue weighted by molar-refractivity contribution is 1.30. The maximum absolute atomic E-state index is 5.24. The van der Waals surface area contributed by atoms with E-state index in [0.717, 1.165) is 38.9 Å². The van der Waals surface area contributed by atoms with Crippen LogP contribution in [0.2, 0.25) is 0 Å². The number of thiophene rings is 1. The van der Waals surface area contributed by atoms with Crippen LogP contribution < -0.4 is 0 Å². The molecule has 0 spiro atoms. The van der Waals surface area contributed by atoms with Gasteiger partial charge in [0.25, 0.3) is 0 Å². The molecule has 8 aromatic rings. The zero-order valence-corrected chi connectivity index (χ0v) is 21.8. The van der Waals surface area contributed by atoms with Crippen molar-refractivity contribution in [3.05, 3.63) is 133 Å². The van der Waals surface area contributed by atoms with Gasteiger partial charge in [-0.05, 0) is 34.7 Å². The Morgan fingerprint density at radius 2 is 1.10 bits per heavy atom. The SMILES string of the molecule is c1ccc(-c2nc3c(ccc4ccccc43)nc2-c2ccc(-c3cccc4sc5ccccc5c34)cc2)cc1. The molecule has 0 aliphatic rings. The first-order valence-electron chi connectivity index (χ1n) is 13.1. The molecule has 0 bridgehead atoms. The zero-order chi connectivity index (χ0) is 25.8. The number of fused-ring (bicyclic) bond motifs is 6. The Morgan fingerprint density at radius 1 is 0.436 bits per heavy atom. The van der Waals surface area contributed by atoms with Gasteiger partial charge in [-0.1, -0.05) is 115 Å². The van der Waals surface area contributed by atoms with Crippen LogP contribution in [0.4, 0.5) is 0 Å². The second kappa shape index (κ2) is 8.87. The summed E-state index contributed by atoms with van der Waals surface area (Å²) in [7, 11) is 0. The first kappa shape index (κ1) is 22.2. The van der Waals surface area contributed by atoms with Crippen molar-refractivity contribution >= 4 is 53.3 Å². The number of hydrogen-bond donors (Lipinski definition) is 0. The summed E-state index contributed by atoms with van der Waals surface area (Å²) < 4.78 is 2.64. The second-order valence-electron chi connectivity index (χ2n) is 9.80. The molecule has 8 rings (SSSR count). The van der Waals surface area contributed by atoms with Crippen LogP contribution in [0.25, 0.3) is 75.6 Å². The fraction of sp³-hybridized carbons (Fsp3) is 0. The third-order valence-electron chi connectivity index (χ3n) is 7.48. The smallest absolute Gasteiger partial charge is 0.0973 e. The van der Waals surface area contributed by atoms with Gasteiger partial charge >= 0.3 is 0 Å². The summed E-state index contributed by atoms with van der Waals surface area (Å²) in [6.45, 7) is 0. The van der Waals surface area contributed by atoms with Gasteiger partial charge < -0.3 is 0 Å². The van der Waals surface area contributed by atoms with Crippen LogP contribution in [0.15, 0.2) is 133 Å². The van der Waals surface area contributed by atoms with Gasteiger partial charge in [0.05, 0.1) is 22.4 Å². The van der Waals surface area contributed by atoms with Crippen LogP contribution in [0.1, 0.15) is 0 Å². The summed E-state index contributed by atoms with van der Waals surface area (Å²) in [4.78, 5) is 10.4. The van der Waals surface area contributed by atoms with Gasteiger partial charge in [0.2, 0.25) is 0 Å². The zero-order valence-electron chi connectivity index (χ0n) is 21.0. The molecule has 0 amide bonds. The average Bonchev–Trinajstić information content (AvgIpc) is 3.40. The predicted molar refractivity (Wildman–Crippen MR) is 166 cm³/mol. The highest BCUT2D eigenvalue weighted by Gasteiger charge is 2.16. The molecule has 0 aliphatic heterocycles. The van der Waals surface area contributed by atoms with Crippen molar-refractivity contribution in [2.45, 2.75) is 0 Å². The van der Waals surface area contributed by atoms with Crippen molar-refractivity contribution in [2.75, 3.05) is 0 Å². The van der Waals surface area contributed by atoms with Crippen LogP contribution >= 0.6 is 11.3 Å². The minimum absolute atomic E-state index is 0.898. The molecule has 0 aliphatic carbocycles. The summed E-state index contributed by atoms with van der Waals surface area (Å²) in [5.74, 6) is 0. The normalized spacial score (nSPS) is 11.6. The van der Waals surface area contributed by atoms with Crippen LogP contribution in [0, 0.1) is 0 Å². The van der Waals surface area contributed by atoms with Gasteiger partial charge in [0, 0.05) is 36.7 Å². The summed E-state index contributed by atoms with van der Waals surface area (Å²) in [5, 5.41) is 4.94. The molecule has 39 heavy (non-hydrogen) atoms. The molecule has 0 radical (unpaired) electrons. The lowest BCUT2D eigenvalue weighted by Crippen LogP contribution is -1.96. The van der Waals surface area contributed by atoms with E-state index in [0.29, 0.717) is 0 Å². The Hall–Kier alpha value is -4.86. The van der Waals surface area contributed by atoms with E-state index in [9.17, 15) is 0 Å². The molecule has 182 valence electrons. The topological polar surface area (TPSA) is 25.8 Å². The van der Waals surface area contributed by atoms with Crippen LogP contribution in [-0.2, 0) is 0 Å². The van der Waals surface area contributed by atoms with Gasteiger partial charge in [-0.15, -0.1) is 11.3 Å². The van der Waals surface area contributed by atoms with E-state index in [1.54, 1.807) is 0 Å². The number of benzene rings is 6. The third-order valence-corrected chi connectivity index (χ3v) is 8.61. The molecule has 6 aromatic carbocycles. The highest BCUT2D eigenvalue weighted by Crippen LogP contribution is 2.40. The quantitative estimate of drug-likeness (QED) is 0.219. The first-order valence-corrected chi connectivity index (χ1v) is 13.9. The van der Waals surface area contributed by atoms with Crippen molar-refractivity contribution in [1.29, 1.82) is 0 Å². The first-order chi connectivity index (χ1) is 19.3. The Labute approximate surface area is 229 Å². The summed E-state index contributed by atoms with van der Waals surface area (Å²) in [6.07, 6.45) is 0. The Kier molecular flexibility index (Phi) is 5.04. The minimum atomic E-state index is 0.898. The van der Waals surface area contributed by atoms with Crippen molar-refractivity contribution in [3.8, 4) is 33.6 Å². The van der Waals surface area contributed by atoms with Gasteiger partial charge in [-0.3, -0.25) is 0 Å². The van der Waals surface area contributed by atoms with Crippen molar-refractivity contribution < 1.29 is 0 Å². The fourth-order valence-corrected chi connectivity index (χ4v) is 6.74. The average molecular weight is 515 g/mol. The number of aromatic nitrogens is 2. The van der Waals surface area contributed by atoms with E-state index in [1.807, 2.05) is 17.4 Å². The van der Waals surface area contributed by atoms with E-state index in [4.69, 9.17) is 9.97 Å². The highest BCUT2D eigenvalue weighted by atomic mass is 32.1. The van der Waals surface area contributed by atoms with Crippen LogP contribution in [-0.4, -0.2) is 9.97 Å². The Bertz CT molecular complexity index is 2160. The van der Waals surface area contributed by atoms with Gasteiger partial charge in [-0.2, -0.15) is 0 Å². The molecule has 0 N–H and O–H groups in total. The standard InChI is InChI=1S/C36H22N2S/c1-2-10-25(11-3-1)35-34(37-30-22-21-23-9-4-5-12-28(23)36(30)38-35)26-19-17-24(18-20-26)27-14-8-16-32-33(27)29-13-6-7-15-31(29)39-32/h1-22H. The Balaban J connectivity index is 1.32. The van der Waals surface area contributed by atoms with E-state index >= 15 is 0 Å². The molecule has 0 saturated carbocycles. The molecule has 0 saturated heterocycles. The summed E-state index contributed by atoms with van der Waals surface area (Å²) >= 11 is 1.85. The molecule has 0 atom stereocenters. The molecule has 2 aromatic heterocycles. The van der Waals surface area contributed by atoms with E-state index in [2.05, 4.69) is 127 Å². The number of nitrogens with zero attached hydrogens (tertiary/aromatic N) is 2. The Morgan fingerprint density at radius 3 is 1.97 bits per heavy atom. The van der Waals surface area contributed by atoms with E-state index < -0.39 is 0 Å². The van der Waals surface area contributed by atoms with Crippen molar-refractivity contribution in [1.82, 2.24) is 9.97 Å². The molecule has 2 nitrogen and oxygen atoms in total. The molecular formula is C36H22N2S. The summed E-state index contributed by atoms with van der Waals surface area (Å²) in [6, 6.07) is 47.1. The minimum Gasteiger partial charge on any atom is -0.244 e. The third kappa shape index (κ3) is 3.63.